The molecule has 0 fully saturated rings. The van der Waals surface area contributed by atoms with Gasteiger partial charge in [0.2, 0.25) is 10.0 Å². The van der Waals surface area contributed by atoms with Gasteiger partial charge in [-0.15, -0.1) is 0 Å². The number of hydrogen-bond acceptors (Lipinski definition) is 6. The normalized spacial score (nSPS) is 11.4. The fraction of sp³-hybridized carbons (Fsp3) is 0.333. The molecule has 2 aromatic rings. The van der Waals surface area contributed by atoms with Crippen LogP contribution in [0.25, 0.3) is 0 Å². The first-order valence-corrected chi connectivity index (χ1v) is 7.69. The molecule has 8 heteroatoms. The quantitative estimate of drug-likeness (QED) is 0.801. The summed E-state index contributed by atoms with van der Waals surface area (Å²) in [7, 11) is -3.60. The number of rotatable bonds is 7. The standard InChI is InChI=1S/C12H16N4O3S/c1-2-5-13-12-8-11(3-6-14-12)20(17,18)15-9-10-4-7-19-16-10/h3-4,6-8,15H,2,5,9H2,1H3,(H,13,14). The maximum absolute atomic E-state index is 12.1. The summed E-state index contributed by atoms with van der Waals surface area (Å²) < 4.78 is 31.4. The van der Waals surface area contributed by atoms with E-state index in [-0.39, 0.29) is 11.4 Å². The Hall–Kier alpha value is -1.93. The van der Waals surface area contributed by atoms with Gasteiger partial charge in [-0.2, -0.15) is 0 Å². The summed E-state index contributed by atoms with van der Waals surface area (Å²) in [5.41, 5.74) is 0.520. The highest BCUT2D eigenvalue weighted by molar-refractivity contribution is 7.89. The third-order valence-corrected chi connectivity index (χ3v) is 3.93. The second-order valence-electron chi connectivity index (χ2n) is 4.12. The van der Waals surface area contributed by atoms with Gasteiger partial charge in [-0.05, 0) is 12.5 Å². The van der Waals surface area contributed by atoms with Crippen LogP contribution in [-0.2, 0) is 16.6 Å². The van der Waals surface area contributed by atoms with E-state index < -0.39 is 10.0 Å². The van der Waals surface area contributed by atoms with Crippen LogP contribution in [0.2, 0.25) is 0 Å². The molecule has 0 aliphatic heterocycles. The molecule has 2 rings (SSSR count). The number of hydrogen-bond donors (Lipinski definition) is 2. The van der Waals surface area contributed by atoms with E-state index in [4.69, 9.17) is 0 Å². The van der Waals surface area contributed by atoms with E-state index in [2.05, 4.69) is 24.7 Å². The van der Waals surface area contributed by atoms with Gasteiger partial charge in [0.15, 0.2) is 0 Å². The second kappa shape index (κ2) is 6.49. The van der Waals surface area contributed by atoms with Crippen LogP contribution in [0.1, 0.15) is 19.0 Å². The summed E-state index contributed by atoms with van der Waals surface area (Å²) in [4.78, 5) is 4.23. The average molecular weight is 296 g/mol. The molecule has 0 atom stereocenters. The predicted molar refractivity (Wildman–Crippen MR) is 73.5 cm³/mol. The zero-order chi connectivity index (χ0) is 14.4. The SMILES string of the molecule is CCCNc1cc(S(=O)(=O)NCc2ccon2)ccn1. The molecule has 0 amide bonds. The molecule has 0 aliphatic carbocycles. The fourth-order valence-corrected chi connectivity index (χ4v) is 2.52. The maximum atomic E-state index is 12.1. The molecule has 0 unspecified atom stereocenters. The van der Waals surface area contributed by atoms with Crippen LogP contribution >= 0.6 is 0 Å². The van der Waals surface area contributed by atoms with Crippen molar-refractivity contribution < 1.29 is 12.9 Å². The lowest BCUT2D eigenvalue weighted by molar-refractivity contribution is 0.411. The van der Waals surface area contributed by atoms with Crippen LogP contribution in [0.5, 0.6) is 0 Å². The Morgan fingerprint density at radius 2 is 2.20 bits per heavy atom. The largest absolute Gasteiger partial charge is 0.370 e. The molecule has 0 aromatic carbocycles. The van der Waals surface area contributed by atoms with E-state index in [0.717, 1.165) is 13.0 Å². The van der Waals surface area contributed by atoms with Crippen molar-refractivity contribution >= 4 is 15.8 Å². The zero-order valence-corrected chi connectivity index (χ0v) is 11.9. The number of nitrogens with zero attached hydrogens (tertiary/aromatic N) is 2. The number of anilines is 1. The molecule has 0 radical (unpaired) electrons. The molecule has 108 valence electrons. The predicted octanol–water partition coefficient (Wildman–Crippen LogP) is 1.37. The first-order valence-electron chi connectivity index (χ1n) is 6.20. The lowest BCUT2D eigenvalue weighted by Crippen LogP contribution is -2.23. The number of pyridine rings is 1. The minimum Gasteiger partial charge on any atom is -0.370 e. The van der Waals surface area contributed by atoms with Crippen molar-refractivity contribution in [1.29, 1.82) is 0 Å². The van der Waals surface area contributed by atoms with Crippen molar-refractivity contribution in [1.82, 2.24) is 14.9 Å². The van der Waals surface area contributed by atoms with Crippen LogP contribution < -0.4 is 10.0 Å². The van der Waals surface area contributed by atoms with Gasteiger partial charge in [-0.3, -0.25) is 0 Å². The van der Waals surface area contributed by atoms with E-state index in [9.17, 15) is 8.42 Å². The highest BCUT2D eigenvalue weighted by Gasteiger charge is 2.15. The third kappa shape index (κ3) is 3.78. The van der Waals surface area contributed by atoms with Gasteiger partial charge < -0.3 is 9.84 Å². The lowest BCUT2D eigenvalue weighted by atomic mass is 10.4. The van der Waals surface area contributed by atoms with Crippen molar-refractivity contribution in [3.05, 3.63) is 36.4 Å². The summed E-state index contributed by atoms with van der Waals surface area (Å²) in [5, 5.41) is 6.69. The number of aromatic nitrogens is 2. The molecular formula is C12H16N4O3S. The highest BCUT2D eigenvalue weighted by atomic mass is 32.2. The van der Waals surface area contributed by atoms with Crippen LogP contribution in [0.3, 0.4) is 0 Å². The Bertz CT molecular complexity index is 640. The minimum atomic E-state index is -3.60. The first kappa shape index (κ1) is 14.5. The molecule has 0 aliphatic rings. The molecule has 2 N–H and O–H groups in total. The van der Waals surface area contributed by atoms with Gasteiger partial charge in [-0.25, -0.2) is 18.1 Å². The van der Waals surface area contributed by atoms with Crippen molar-refractivity contribution in [3.8, 4) is 0 Å². The van der Waals surface area contributed by atoms with Crippen LogP contribution in [0.4, 0.5) is 5.82 Å². The molecule has 2 heterocycles. The van der Waals surface area contributed by atoms with E-state index in [1.54, 1.807) is 6.07 Å². The Morgan fingerprint density at radius 3 is 2.90 bits per heavy atom. The topological polar surface area (TPSA) is 97.1 Å². The molecule has 0 saturated carbocycles. The van der Waals surface area contributed by atoms with Crippen LogP contribution in [-0.4, -0.2) is 25.1 Å². The minimum absolute atomic E-state index is 0.0822. The van der Waals surface area contributed by atoms with Gasteiger partial charge in [0.1, 0.15) is 12.1 Å². The molecule has 0 bridgehead atoms. The van der Waals surface area contributed by atoms with Crippen LogP contribution in [0.15, 0.2) is 40.1 Å². The molecule has 20 heavy (non-hydrogen) atoms. The van der Waals surface area contributed by atoms with Gasteiger partial charge in [0.25, 0.3) is 0 Å². The molecule has 2 aromatic heterocycles. The maximum Gasteiger partial charge on any atom is 0.241 e. The van der Waals surface area contributed by atoms with Crippen molar-refractivity contribution in [2.45, 2.75) is 24.8 Å². The van der Waals surface area contributed by atoms with Gasteiger partial charge in [-0.1, -0.05) is 12.1 Å². The Balaban J connectivity index is 2.08. The smallest absolute Gasteiger partial charge is 0.241 e. The van der Waals surface area contributed by atoms with Gasteiger partial charge in [0.05, 0.1) is 17.1 Å². The summed E-state index contributed by atoms with van der Waals surface area (Å²) in [5.74, 6) is 0.538. The van der Waals surface area contributed by atoms with Gasteiger partial charge >= 0.3 is 0 Å². The summed E-state index contributed by atoms with van der Waals surface area (Å²) in [6.45, 7) is 2.84. The summed E-state index contributed by atoms with van der Waals surface area (Å²) in [6, 6.07) is 4.55. The molecule has 0 saturated heterocycles. The average Bonchev–Trinajstić information content (AvgIpc) is 2.97. The fourth-order valence-electron chi connectivity index (χ4n) is 1.51. The third-order valence-electron chi connectivity index (χ3n) is 2.53. The highest BCUT2D eigenvalue weighted by Crippen LogP contribution is 2.13. The Morgan fingerprint density at radius 1 is 1.35 bits per heavy atom. The van der Waals surface area contributed by atoms with E-state index in [1.165, 1.54) is 24.6 Å². The number of nitrogens with one attached hydrogen (secondary N) is 2. The van der Waals surface area contributed by atoms with E-state index in [0.29, 0.717) is 11.5 Å². The van der Waals surface area contributed by atoms with Crippen LogP contribution in [0, 0.1) is 0 Å². The second-order valence-corrected chi connectivity index (χ2v) is 5.89. The van der Waals surface area contributed by atoms with Gasteiger partial charge in [0, 0.05) is 24.9 Å². The molecule has 7 nitrogen and oxygen atoms in total. The summed E-state index contributed by atoms with van der Waals surface area (Å²) in [6.07, 6.45) is 3.79. The molecular weight excluding hydrogens is 280 g/mol. The van der Waals surface area contributed by atoms with Crippen molar-refractivity contribution in [2.75, 3.05) is 11.9 Å². The summed E-state index contributed by atoms with van der Waals surface area (Å²) >= 11 is 0. The number of sulfonamides is 1. The Kier molecular flexibility index (Phi) is 4.70. The van der Waals surface area contributed by atoms with E-state index >= 15 is 0 Å². The molecule has 0 spiro atoms. The monoisotopic (exact) mass is 296 g/mol. The zero-order valence-electron chi connectivity index (χ0n) is 11.0. The lowest BCUT2D eigenvalue weighted by Gasteiger charge is -2.08. The Labute approximate surface area is 117 Å². The van der Waals surface area contributed by atoms with E-state index in [1.807, 2.05) is 6.92 Å². The first-order chi connectivity index (χ1) is 9.62. The van der Waals surface area contributed by atoms with Crippen molar-refractivity contribution in [3.63, 3.8) is 0 Å². The van der Waals surface area contributed by atoms with Crippen molar-refractivity contribution in [2.24, 2.45) is 0 Å².